The Labute approximate surface area is 93.7 Å². The second-order valence-corrected chi connectivity index (χ2v) is 4.01. The molecule has 0 spiro atoms. The van der Waals surface area contributed by atoms with Crippen molar-refractivity contribution in [2.24, 2.45) is 0 Å². The van der Waals surface area contributed by atoms with Gasteiger partial charge in [-0.15, -0.1) is 0 Å². The van der Waals surface area contributed by atoms with Gasteiger partial charge in [-0.3, -0.25) is 0 Å². The Morgan fingerprint density at radius 2 is 2.12 bits per heavy atom. The number of nitrogens with zero attached hydrogens (tertiary/aromatic N) is 2. The molecule has 0 aliphatic carbocycles. The molecule has 1 saturated heterocycles. The zero-order valence-electron chi connectivity index (χ0n) is 8.89. The molecule has 82 valence electrons. The number of hydrogen-bond donors (Lipinski definition) is 1. The molecule has 2 heterocycles. The molecule has 4 nitrogen and oxygen atoms in total. The van der Waals surface area contributed by atoms with Crippen LogP contribution >= 0.6 is 0 Å². The van der Waals surface area contributed by atoms with E-state index >= 15 is 0 Å². The molecular weight excluding hydrogens is 202 g/mol. The Balaban J connectivity index is 1.87. The third-order valence-electron chi connectivity index (χ3n) is 2.89. The van der Waals surface area contributed by atoms with E-state index in [1.807, 2.05) is 30.3 Å². The van der Waals surface area contributed by atoms with Crippen molar-refractivity contribution in [2.75, 3.05) is 13.1 Å². The van der Waals surface area contributed by atoms with Gasteiger partial charge in [0.25, 0.3) is 5.89 Å². The molecule has 1 aliphatic heterocycles. The molecule has 0 bridgehead atoms. The molecule has 0 radical (unpaired) electrons. The van der Waals surface area contributed by atoms with Crippen molar-refractivity contribution in [1.29, 1.82) is 0 Å². The molecule has 1 N–H and O–H groups in total. The van der Waals surface area contributed by atoms with Gasteiger partial charge in [0.1, 0.15) is 0 Å². The Bertz CT molecular complexity index is 460. The minimum Gasteiger partial charge on any atom is -0.334 e. The first kappa shape index (κ1) is 9.54. The molecule has 2 aromatic rings. The quantitative estimate of drug-likeness (QED) is 0.830. The van der Waals surface area contributed by atoms with E-state index in [4.69, 9.17) is 4.52 Å². The van der Waals surface area contributed by atoms with Crippen LogP contribution < -0.4 is 5.32 Å². The van der Waals surface area contributed by atoms with Crippen LogP contribution in [-0.4, -0.2) is 23.2 Å². The lowest BCUT2D eigenvalue weighted by Crippen LogP contribution is -2.08. The summed E-state index contributed by atoms with van der Waals surface area (Å²) in [6.45, 7) is 1.99. The molecule has 1 fully saturated rings. The molecule has 16 heavy (non-hydrogen) atoms. The molecule has 0 unspecified atom stereocenters. The molecule has 3 rings (SSSR count). The van der Waals surface area contributed by atoms with Crippen molar-refractivity contribution in [3.05, 3.63) is 36.2 Å². The van der Waals surface area contributed by atoms with Gasteiger partial charge in [0.15, 0.2) is 5.82 Å². The monoisotopic (exact) mass is 215 g/mol. The average molecular weight is 215 g/mol. The number of rotatable bonds is 2. The predicted molar refractivity (Wildman–Crippen MR) is 60.0 cm³/mol. The normalized spacial score (nSPS) is 20.1. The standard InChI is InChI=1S/C12H13N3O/c1-2-4-9(5-3-1)12-14-11(15-16-12)10-6-7-13-8-10/h1-5,10,13H,6-8H2/t10-/m0/s1. The Morgan fingerprint density at radius 1 is 1.25 bits per heavy atom. The van der Waals surface area contributed by atoms with Crippen LogP contribution in [-0.2, 0) is 0 Å². The first-order valence-corrected chi connectivity index (χ1v) is 5.53. The van der Waals surface area contributed by atoms with E-state index < -0.39 is 0 Å². The van der Waals surface area contributed by atoms with E-state index in [-0.39, 0.29) is 0 Å². The van der Waals surface area contributed by atoms with Gasteiger partial charge in [0.2, 0.25) is 0 Å². The van der Waals surface area contributed by atoms with Gasteiger partial charge in [-0.2, -0.15) is 4.98 Å². The minimum atomic E-state index is 0.404. The van der Waals surface area contributed by atoms with Crippen molar-refractivity contribution in [1.82, 2.24) is 15.5 Å². The van der Waals surface area contributed by atoms with E-state index in [1.165, 1.54) is 0 Å². The minimum absolute atomic E-state index is 0.404. The van der Waals surface area contributed by atoms with Gasteiger partial charge >= 0.3 is 0 Å². The van der Waals surface area contributed by atoms with Gasteiger partial charge in [0, 0.05) is 18.0 Å². The van der Waals surface area contributed by atoms with Crippen LogP contribution in [0, 0.1) is 0 Å². The van der Waals surface area contributed by atoms with Gasteiger partial charge in [-0.05, 0) is 25.1 Å². The molecule has 4 heteroatoms. The fourth-order valence-electron chi connectivity index (χ4n) is 1.97. The fourth-order valence-corrected chi connectivity index (χ4v) is 1.97. The van der Waals surface area contributed by atoms with Crippen molar-refractivity contribution >= 4 is 0 Å². The lowest BCUT2D eigenvalue weighted by atomic mass is 10.1. The third-order valence-corrected chi connectivity index (χ3v) is 2.89. The summed E-state index contributed by atoms with van der Waals surface area (Å²) >= 11 is 0. The van der Waals surface area contributed by atoms with Crippen molar-refractivity contribution in [3.63, 3.8) is 0 Å². The number of hydrogen-bond acceptors (Lipinski definition) is 4. The van der Waals surface area contributed by atoms with Crippen LogP contribution in [0.1, 0.15) is 18.2 Å². The van der Waals surface area contributed by atoms with Crippen molar-refractivity contribution in [2.45, 2.75) is 12.3 Å². The van der Waals surface area contributed by atoms with E-state index in [2.05, 4.69) is 15.5 Å². The van der Waals surface area contributed by atoms with Crippen LogP contribution in [0.3, 0.4) is 0 Å². The maximum atomic E-state index is 5.27. The summed E-state index contributed by atoms with van der Waals surface area (Å²) in [5, 5.41) is 7.35. The summed E-state index contributed by atoms with van der Waals surface area (Å²) in [6.07, 6.45) is 1.09. The molecule has 1 aromatic carbocycles. The Kier molecular flexibility index (Phi) is 2.42. The number of aromatic nitrogens is 2. The van der Waals surface area contributed by atoms with Crippen LogP contribution in [0.25, 0.3) is 11.5 Å². The topological polar surface area (TPSA) is 51.0 Å². The fraction of sp³-hybridized carbons (Fsp3) is 0.333. The summed E-state index contributed by atoms with van der Waals surface area (Å²) < 4.78 is 5.27. The second-order valence-electron chi connectivity index (χ2n) is 4.01. The third kappa shape index (κ3) is 1.72. The van der Waals surface area contributed by atoms with Crippen LogP contribution in [0.5, 0.6) is 0 Å². The Morgan fingerprint density at radius 3 is 2.88 bits per heavy atom. The van der Waals surface area contributed by atoms with Gasteiger partial charge in [-0.1, -0.05) is 23.4 Å². The largest absolute Gasteiger partial charge is 0.334 e. The van der Waals surface area contributed by atoms with E-state index in [0.717, 1.165) is 30.9 Å². The number of benzene rings is 1. The van der Waals surface area contributed by atoms with E-state index in [1.54, 1.807) is 0 Å². The Hall–Kier alpha value is -1.68. The smallest absolute Gasteiger partial charge is 0.257 e. The van der Waals surface area contributed by atoms with Gasteiger partial charge < -0.3 is 9.84 Å². The molecule has 1 aromatic heterocycles. The summed E-state index contributed by atoms with van der Waals surface area (Å²) in [5.74, 6) is 1.84. The van der Waals surface area contributed by atoms with Crippen molar-refractivity contribution < 1.29 is 4.52 Å². The highest BCUT2D eigenvalue weighted by atomic mass is 16.5. The molecule has 0 amide bonds. The maximum Gasteiger partial charge on any atom is 0.257 e. The van der Waals surface area contributed by atoms with Crippen LogP contribution in [0.2, 0.25) is 0 Å². The summed E-state index contributed by atoms with van der Waals surface area (Å²) in [7, 11) is 0. The highest BCUT2D eigenvalue weighted by Gasteiger charge is 2.22. The predicted octanol–water partition coefficient (Wildman–Crippen LogP) is 1.81. The van der Waals surface area contributed by atoms with Crippen LogP contribution in [0.4, 0.5) is 0 Å². The highest BCUT2D eigenvalue weighted by molar-refractivity contribution is 5.52. The second kappa shape index (κ2) is 4.06. The van der Waals surface area contributed by atoms with Crippen molar-refractivity contribution in [3.8, 4) is 11.5 Å². The van der Waals surface area contributed by atoms with Crippen LogP contribution in [0.15, 0.2) is 34.9 Å². The van der Waals surface area contributed by atoms with E-state index in [9.17, 15) is 0 Å². The van der Waals surface area contributed by atoms with Gasteiger partial charge in [-0.25, -0.2) is 0 Å². The summed E-state index contributed by atoms with van der Waals surface area (Å²) in [6, 6.07) is 9.86. The zero-order chi connectivity index (χ0) is 10.8. The summed E-state index contributed by atoms with van der Waals surface area (Å²) in [5.41, 5.74) is 0.979. The molecular formula is C12H13N3O. The lowest BCUT2D eigenvalue weighted by molar-refractivity contribution is 0.417. The van der Waals surface area contributed by atoms with Gasteiger partial charge in [0.05, 0.1) is 0 Å². The lowest BCUT2D eigenvalue weighted by Gasteiger charge is -1.98. The number of nitrogens with one attached hydrogen (secondary N) is 1. The first-order chi connectivity index (χ1) is 7.93. The molecule has 1 aliphatic rings. The summed E-state index contributed by atoms with van der Waals surface area (Å²) in [4.78, 5) is 4.44. The first-order valence-electron chi connectivity index (χ1n) is 5.53. The zero-order valence-corrected chi connectivity index (χ0v) is 8.89. The average Bonchev–Trinajstić information content (AvgIpc) is 3.01. The molecule has 0 saturated carbocycles. The SMILES string of the molecule is c1ccc(-c2nc([C@H]3CCNC3)no2)cc1. The highest BCUT2D eigenvalue weighted by Crippen LogP contribution is 2.23. The maximum absolute atomic E-state index is 5.27. The molecule has 1 atom stereocenters. The van der Waals surface area contributed by atoms with E-state index in [0.29, 0.717) is 11.8 Å².